The summed E-state index contributed by atoms with van der Waals surface area (Å²) < 4.78 is 26.7. The molecule has 2 heterocycles. The lowest BCUT2D eigenvalue weighted by Gasteiger charge is -2.27. The van der Waals surface area contributed by atoms with Crippen LogP contribution in [0.25, 0.3) is 0 Å². The second kappa shape index (κ2) is 4.66. The molecule has 1 aliphatic heterocycles. The Balaban J connectivity index is 1.86. The Kier molecular flexibility index (Phi) is 3.15. The van der Waals surface area contributed by atoms with Crippen LogP contribution in [-0.2, 0) is 10.0 Å². The number of hydrogen-bond acceptors (Lipinski definition) is 3. The molecule has 5 nitrogen and oxygen atoms in total. The number of nitrogens with one attached hydrogen (secondary N) is 1. The zero-order valence-electron chi connectivity index (χ0n) is 10.4. The molecule has 1 unspecified atom stereocenters. The Labute approximate surface area is 108 Å². The molecular formula is C12H19N3O2S. The van der Waals surface area contributed by atoms with Gasteiger partial charge in [0.2, 0.25) is 0 Å². The Morgan fingerprint density at radius 1 is 1.22 bits per heavy atom. The molecule has 1 aromatic rings. The fourth-order valence-electron chi connectivity index (χ4n) is 3.39. The van der Waals surface area contributed by atoms with Crippen LogP contribution in [0.15, 0.2) is 17.3 Å². The van der Waals surface area contributed by atoms with E-state index >= 15 is 0 Å². The highest BCUT2D eigenvalue weighted by Crippen LogP contribution is 2.37. The van der Waals surface area contributed by atoms with Gasteiger partial charge in [-0.2, -0.15) is 9.40 Å². The highest BCUT2D eigenvalue weighted by Gasteiger charge is 2.40. The van der Waals surface area contributed by atoms with Gasteiger partial charge in [-0.05, 0) is 37.7 Å². The molecule has 100 valence electrons. The van der Waals surface area contributed by atoms with E-state index in [0.717, 1.165) is 12.8 Å². The minimum atomic E-state index is -3.37. The average molecular weight is 269 g/mol. The van der Waals surface area contributed by atoms with Gasteiger partial charge in [0.1, 0.15) is 0 Å². The quantitative estimate of drug-likeness (QED) is 0.909. The lowest BCUT2D eigenvalue weighted by molar-refractivity contribution is 0.287. The van der Waals surface area contributed by atoms with Crippen LogP contribution >= 0.6 is 0 Å². The number of nitrogens with zero attached hydrogens (tertiary/aromatic N) is 2. The second-order valence-corrected chi connectivity index (χ2v) is 7.15. The van der Waals surface area contributed by atoms with Gasteiger partial charge in [-0.25, -0.2) is 8.42 Å². The zero-order valence-corrected chi connectivity index (χ0v) is 11.2. The van der Waals surface area contributed by atoms with Crippen LogP contribution in [0.2, 0.25) is 0 Å². The first-order valence-electron chi connectivity index (χ1n) is 6.71. The van der Waals surface area contributed by atoms with E-state index < -0.39 is 10.0 Å². The number of hydrogen-bond donors (Lipinski definition) is 1. The van der Waals surface area contributed by atoms with Crippen molar-refractivity contribution in [2.24, 2.45) is 5.92 Å². The van der Waals surface area contributed by atoms with Gasteiger partial charge in [0, 0.05) is 12.6 Å². The van der Waals surface area contributed by atoms with Gasteiger partial charge in [0.25, 0.3) is 10.0 Å². The molecule has 0 amide bonds. The monoisotopic (exact) mass is 269 g/mol. The van der Waals surface area contributed by atoms with E-state index in [9.17, 15) is 8.42 Å². The number of rotatable bonds is 3. The molecule has 1 atom stereocenters. The summed E-state index contributed by atoms with van der Waals surface area (Å²) in [6, 6.07) is 1.75. The lowest BCUT2D eigenvalue weighted by atomic mass is 9.97. The van der Waals surface area contributed by atoms with Crippen LogP contribution in [0.5, 0.6) is 0 Å². The molecule has 1 N–H and O–H groups in total. The smallest absolute Gasteiger partial charge is 0.260 e. The Bertz CT molecular complexity index is 491. The van der Waals surface area contributed by atoms with Crippen molar-refractivity contribution in [3.8, 4) is 0 Å². The molecule has 2 aliphatic rings. The number of aromatic amines is 1. The van der Waals surface area contributed by atoms with Crippen LogP contribution < -0.4 is 0 Å². The Morgan fingerprint density at radius 3 is 2.67 bits per heavy atom. The highest BCUT2D eigenvalue weighted by atomic mass is 32.2. The second-order valence-electron chi connectivity index (χ2n) is 5.29. The van der Waals surface area contributed by atoms with E-state index in [-0.39, 0.29) is 11.1 Å². The van der Waals surface area contributed by atoms with Crippen molar-refractivity contribution < 1.29 is 8.42 Å². The summed E-state index contributed by atoms with van der Waals surface area (Å²) in [5, 5.41) is 6.57. The van der Waals surface area contributed by atoms with Crippen LogP contribution in [-0.4, -0.2) is 35.5 Å². The van der Waals surface area contributed by atoms with E-state index in [2.05, 4.69) is 10.2 Å². The fraction of sp³-hybridized carbons (Fsp3) is 0.750. The predicted molar refractivity (Wildman–Crippen MR) is 67.5 cm³/mol. The summed E-state index contributed by atoms with van der Waals surface area (Å²) in [6.45, 7) is 0.655. The van der Waals surface area contributed by atoms with Crippen LogP contribution in [0.1, 0.15) is 38.5 Å². The maximum absolute atomic E-state index is 12.5. The van der Waals surface area contributed by atoms with Crippen molar-refractivity contribution in [2.45, 2.75) is 49.6 Å². The zero-order chi connectivity index (χ0) is 12.6. The van der Waals surface area contributed by atoms with Crippen LogP contribution in [0.3, 0.4) is 0 Å². The topological polar surface area (TPSA) is 66.1 Å². The van der Waals surface area contributed by atoms with Crippen molar-refractivity contribution >= 4 is 10.0 Å². The molecule has 1 aliphatic carbocycles. The van der Waals surface area contributed by atoms with Gasteiger partial charge in [-0.3, -0.25) is 5.10 Å². The van der Waals surface area contributed by atoms with Gasteiger partial charge in [-0.15, -0.1) is 0 Å². The molecule has 0 radical (unpaired) electrons. The van der Waals surface area contributed by atoms with E-state index in [1.807, 2.05) is 0 Å². The largest absolute Gasteiger partial charge is 0.266 e. The molecule has 0 bridgehead atoms. The first-order chi connectivity index (χ1) is 8.69. The maximum Gasteiger partial charge on any atom is 0.260 e. The third-order valence-corrected chi connectivity index (χ3v) is 6.11. The summed E-state index contributed by atoms with van der Waals surface area (Å²) >= 11 is 0. The van der Waals surface area contributed by atoms with Gasteiger partial charge >= 0.3 is 0 Å². The lowest BCUT2D eigenvalue weighted by Crippen LogP contribution is -2.39. The maximum atomic E-state index is 12.5. The molecule has 3 rings (SSSR count). The number of aromatic nitrogens is 2. The van der Waals surface area contributed by atoms with E-state index in [4.69, 9.17) is 0 Å². The van der Waals surface area contributed by atoms with E-state index in [1.165, 1.54) is 31.9 Å². The predicted octanol–water partition coefficient (Wildman–Crippen LogP) is 1.75. The third kappa shape index (κ3) is 1.97. The van der Waals surface area contributed by atoms with Crippen molar-refractivity contribution in [1.82, 2.24) is 14.5 Å². The Morgan fingerprint density at radius 2 is 2.00 bits per heavy atom. The summed E-state index contributed by atoms with van der Waals surface area (Å²) in [5.41, 5.74) is 0. The minimum Gasteiger partial charge on any atom is -0.266 e. The van der Waals surface area contributed by atoms with Crippen molar-refractivity contribution in [3.05, 3.63) is 12.3 Å². The van der Waals surface area contributed by atoms with Gasteiger partial charge < -0.3 is 0 Å². The normalized spacial score (nSPS) is 27.0. The minimum absolute atomic E-state index is 0.209. The summed E-state index contributed by atoms with van der Waals surface area (Å²) in [5.74, 6) is 0.560. The molecule has 18 heavy (non-hydrogen) atoms. The molecule has 2 fully saturated rings. The molecule has 1 aromatic heterocycles. The number of sulfonamides is 1. The van der Waals surface area contributed by atoms with Gasteiger partial charge in [-0.1, -0.05) is 12.8 Å². The van der Waals surface area contributed by atoms with Gasteiger partial charge in [0.05, 0.1) is 6.20 Å². The fourth-order valence-corrected chi connectivity index (χ4v) is 5.05. The van der Waals surface area contributed by atoms with Crippen molar-refractivity contribution in [1.29, 1.82) is 0 Å². The van der Waals surface area contributed by atoms with E-state index in [0.29, 0.717) is 12.5 Å². The Hall–Kier alpha value is -0.880. The molecule has 1 saturated heterocycles. The standard InChI is InChI=1S/C12H19N3O2S/c16-18(17,12-7-8-13-14-12)15-9-3-6-11(15)10-4-1-2-5-10/h7-8,10-11H,1-6,9H2,(H,13,14). The summed E-state index contributed by atoms with van der Waals surface area (Å²) in [4.78, 5) is 0. The SMILES string of the molecule is O=S(=O)(c1ccn[nH]1)N1CCCC1C1CCCC1. The summed E-state index contributed by atoms with van der Waals surface area (Å²) in [7, 11) is -3.37. The van der Waals surface area contributed by atoms with Gasteiger partial charge in [0.15, 0.2) is 5.03 Å². The molecule has 0 spiro atoms. The molecular weight excluding hydrogens is 250 g/mol. The van der Waals surface area contributed by atoms with Crippen LogP contribution in [0, 0.1) is 5.92 Å². The van der Waals surface area contributed by atoms with Crippen LogP contribution in [0.4, 0.5) is 0 Å². The number of H-pyrrole nitrogens is 1. The molecule has 6 heteroatoms. The average Bonchev–Trinajstić information content (AvgIpc) is 3.11. The van der Waals surface area contributed by atoms with Crippen molar-refractivity contribution in [2.75, 3.05) is 6.54 Å². The third-order valence-electron chi connectivity index (χ3n) is 4.25. The van der Waals surface area contributed by atoms with E-state index in [1.54, 1.807) is 10.4 Å². The van der Waals surface area contributed by atoms with Crippen molar-refractivity contribution in [3.63, 3.8) is 0 Å². The molecule has 1 saturated carbocycles. The summed E-state index contributed by atoms with van der Waals surface area (Å²) in [6.07, 6.45) is 8.34. The highest BCUT2D eigenvalue weighted by molar-refractivity contribution is 7.89. The first kappa shape index (κ1) is 12.2. The molecule has 0 aromatic carbocycles. The first-order valence-corrected chi connectivity index (χ1v) is 8.15.